The van der Waals surface area contributed by atoms with Gasteiger partial charge in [0.05, 0.1) is 6.21 Å². The second-order valence-corrected chi connectivity index (χ2v) is 2.12. The molecule has 0 aromatic carbocycles. The largest absolute Gasteiger partial charge is 0.389 e. The minimum Gasteiger partial charge on any atom is -0.389 e. The smallest absolute Gasteiger partial charge is 0.166 e. The molecule has 0 saturated carbocycles. The zero-order valence-corrected chi connectivity index (χ0v) is 4.82. The van der Waals surface area contributed by atoms with Crippen molar-refractivity contribution in [1.29, 1.82) is 0 Å². The average molecular weight is 122 g/mol. The van der Waals surface area contributed by atoms with Crippen LogP contribution < -0.4 is 0 Å². The molecule has 2 rings (SSSR count). The van der Waals surface area contributed by atoms with E-state index in [0.717, 1.165) is 6.42 Å². The summed E-state index contributed by atoms with van der Waals surface area (Å²) >= 11 is 0. The van der Waals surface area contributed by atoms with Crippen molar-refractivity contribution in [3.8, 4) is 0 Å². The van der Waals surface area contributed by atoms with Crippen molar-refractivity contribution in [2.24, 2.45) is 16.1 Å². The van der Waals surface area contributed by atoms with Gasteiger partial charge in [-0.05, 0) is 6.42 Å². The molecule has 0 bridgehead atoms. The highest BCUT2D eigenvalue weighted by Gasteiger charge is 2.28. The predicted molar refractivity (Wildman–Crippen MR) is 33.2 cm³/mol. The maximum Gasteiger partial charge on any atom is 0.166 e. The number of hydrogen-bond donors (Lipinski definition) is 0. The lowest BCUT2D eigenvalue weighted by molar-refractivity contribution is 0.0843. The van der Waals surface area contributed by atoms with Crippen LogP contribution in [-0.2, 0) is 4.84 Å². The van der Waals surface area contributed by atoms with Crippen molar-refractivity contribution in [2.45, 2.75) is 12.5 Å². The minimum absolute atomic E-state index is 0.00463. The third-order valence-corrected chi connectivity index (χ3v) is 1.49. The molecule has 0 aromatic heterocycles. The summed E-state index contributed by atoms with van der Waals surface area (Å²) in [4.78, 5) is 8.74. The van der Waals surface area contributed by atoms with Gasteiger partial charge in [-0.2, -0.15) is 0 Å². The van der Waals surface area contributed by atoms with E-state index in [0.29, 0.717) is 5.92 Å². The number of nitrogens with zero attached hydrogens (tertiary/aromatic N) is 2. The van der Waals surface area contributed by atoms with Gasteiger partial charge in [0.15, 0.2) is 12.6 Å². The highest BCUT2D eigenvalue weighted by atomic mass is 16.6. The molecule has 2 heterocycles. The van der Waals surface area contributed by atoms with Gasteiger partial charge < -0.3 is 4.84 Å². The lowest BCUT2D eigenvalue weighted by Gasteiger charge is -2.13. The van der Waals surface area contributed by atoms with Gasteiger partial charge in [-0.25, -0.2) is 0 Å². The van der Waals surface area contributed by atoms with E-state index in [1.54, 1.807) is 0 Å². The maximum absolute atomic E-state index is 4.90. The normalized spacial score (nSPS) is 38.2. The Balaban J connectivity index is 2.13. The average Bonchev–Trinajstić information content (AvgIpc) is 2.33. The summed E-state index contributed by atoms with van der Waals surface area (Å²) in [5.74, 6) is 0.391. The predicted octanol–water partition coefficient (Wildman–Crippen LogP) is 0.500. The van der Waals surface area contributed by atoms with Gasteiger partial charge in [-0.1, -0.05) is 5.16 Å². The van der Waals surface area contributed by atoms with Gasteiger partial charge in [-0.15, -0.1) is 0 Å². The summed E-state index contributed by atoms with van der Waals surface area (Å²) < 4.78 is 0. The first-order valence-electron chi connectivity index (χ1n) is 2.93. The Labute approximate surface area is 53.4 Å². The third-order valence-electron chi connectivity index (χ3n) is 1.49. The number of rotatable bonds is 0. The van der Waals surface area contributed by atoms with Crippen molar-refractivity contribution < 1.29 is 4.84 Å². The van der Waals surface area contributed by atoms with Crippen molar-refractivity contribution in [2.75, 3.05) is 0 Å². The van der Waals surface area contributed by atoms with Crippen LogP contribution in [0.25, 0.3) is 0 Å². The maximum atomic E-state index is 4.90. The molecule has 0 aromatic rings. The van der Waals surface area contributed by atoms with E-state index in [4.69, 9.17) is 4.84 Å². The molecule has 0 aliphatic carbocycles. The Kier molecular flexibility index (Phi) is 1.01. The Hall–Kier alpha value is -0.860. The van der Waals surface area contributed by atoms with Gasteiger partial charge in [0, 0.05) is 12.1 Å². The van der Waals surface area contributed by atoms with Crippen molar-refractivity contribution in [1.82, 2.24) is 0 Å². The van der Waals surface area contributed by atoms with Gasteiger partial charge in [0.2, 0.25) is 0 Å². The molecule has 0 amide bonds. The first kappa shape index (κ1) is 4.97. The van der Waals surface area contributed by atoms with Gasteiger partial charge in [0.1, 0.15) is 0 Å². The van der Waals surface area contributed by atoms with Crippen LogP contribution in [0, 0.1) is 12.5 Å². The second-order valence-electron chi connectivity index (χ2n) is 2.12. The Morgan fingerprint density at radius 2 is 2.67 bits per heavy atom. The lowest BCUT2D eigenvalue weighted by Crippen LogP contribution is -2.21. The standard InChI is InChI=1S/C6H6N2O/c1-2-7-4-6-5(1)3-8-9-6/h2-3,5-6H,1H2. The van der Waals surface area contributed by atoms with Crippen molar-refractivity contribution >= 4 is 12.4 Å². The summed E-state index contributed by atoms with van der Waals surface area (Å²) in [5, 5.41) is 3.66. The zero-order valence-electron chi connectivity index (χ0n) is 4.82. The van der Waals surface area contributed by atoms with E-state index >= 15 is 0 Å². The summed E-state index contributed by atoms with van der Waals surface area (Å²) in [7, 11) is 0. The van der Waals surface area contributed by atoms with Crippen molar-refractivity contribution in [3.63, 3.8) is 0 Å². The number of hydrogen-bond acceptors (Lipinski definition) is 3. The summed E-state index contributed by atoms with van der Waals surface area (Å²) in [5.41, 5.74) is 0. The van der Waals surface area contributed by atoms with Gasteiger partial charge >= 0.3 is 0 Å². The highest BCUT2D eigenvalue weighted by molar-refractivity contribution is 5.72. The van der Waals surface area contributed by atoms with E-state index in [-0.39, 0.29) is 6.10 Å². The van der Waals surface area contributed by atoms with E-state index in [2.05, 4.69) is 16.7 Å². The molecule has 2 atom stereocenters. The fraction of sp³-hybridized carbons (Fsp3) is 0.500. The van der Waals surface area contributed by atoms with Gasteiger partial charge in [0.25, 0.3) is 0 Å². The SMILES string of the molecule is [C]1N=CCC2C=NOC12. The summed E-state index contributed by atoms with van der Waals surface area (Å²) in [6, 6.07) is 0. The van der Waals surface area contributed by atoms with E-state index < -0.39 is 0 Å². The highest BCUT2D eigenvalue weighted by Crippen LogP contribution is 2.21. The molecule has 46 valence electrons. The zero-order chi connectivity index (χ0) is 6.10. The molecule has 0 saturated heterocycles. The first-order chi connectivity index (χ1) is 4.47. The first-order valence-corrected chi connectivity index (χ1v) is 2.93. The van der Waals surface area contributed by atoms with E-state index in [9.17, 15) is 0 Å². The number of oxime groups is 1. The Bertz CT molecular complexity index is 164. The van der Waals surface area contributed by atoms with E-state index in [1.165, 1.54) is 0 Å². The summed E-state index contributed by atoms with van der Waals surface area (Å²) in [6.45, 7) is 2.80. The molecular formula is C6H6N2O. The molecule has 2 aliphatic rings. The lowest BCUT2D eigenvalue weighted by atomic mass is 9.99. The Morgan fingerprint density at radius 3 is 3.56 bits per heavy atom. The molecule has 0 N–H and O–H groups in total. The molecule has 3 nitrogen and oxygen atoms in total. The Morgan fingerprint density at radius 1 is 1.67 bits per heavy atom. The van der Waals surface area contributed by atoms with Crippen molar-refractivity contribution in [3.05, 3.63) is 6.54 Å². The second kappa shape index (κ2) is 1.83. The molecule has 9 heavy (non-hydrogen) atoms. The third kappa shape index (κ3) is 0.724. The fourth-order valence-corrected chi connectivity index (χ4v) is 0.940. The molecule has 2 radical (unpaired) electrons. The monoisotopic (exact) mass is 122 g/mol. The molecule has 2 unspecified atom stereocenters. The number of aliphatic imine (C=N–C) groups is 1. The van der Waals surface area contributed by atoms with Crippen LogP contribution in [-0.4, -0.2) is 18.5 Å². The number of fused-ring (bicyclic) bond motifs is 1. The fourth-order valence-electron chi connectivity index (χ4n) is 0.940. The van der Waals surface area contributed by atoms with Gasteiger partial charge in [-0.3, -0.25) is 4.99 Å². The molecule has 0 fully saturated rings. The van der Waals surface area contributed by atoms with Crippen LogP contribution in [0.4, 0.5) is 0 Å². The molecule has 3 heteroatoms. The van der Waals surface area contributed by atoms with Crippen LogP contribution in [0.15, 0.2) is 10.1 Å². The van der Waals surface area contributed by atoms with Crippen LogP contribution in [0.5, 0.6) is 0 Å². The van der Waals surface area contributed by atoms with E-state index in [1.807, 2.05) is 12.4 Å². The minimum atomic E-state index is -0.00463. The molecule has 2 aliphatic heterocycles. The molecular weight excluding hydrogens is 116 g/mol. The quantitative estimate of drug-likeness (QED) is 0.460. The topological polar surface area (TPSA) is 34.0 Å². The summed E-state index contributed by atoms with van der Waals surface area (Å²) in [6.07, 6.45) is 4.57. The van der Waals surface area contributed by atoms with Crippen LogP contribution in [0.3, 0.4) is 0 Å². The van der Waals surface area contributed by atoms with Crippen LogP contribution >= 0.6 is 0 Å². The van der Waals surface area contributed by atoms with Crippen LogP contribution in [0.1, 0.15) is 6.42 Å². The molecule has 0 spiro atoms. The van der Waals surface area contributed by atoms with Crippen LogP contribution in [0.2, 0.25) is 0 Å².